The molecule has 0 bridgehead atoms. The van der Waals surface area contributed by atoms with Crippen LogP contribution in [0.4, 0.5) is 0 Å². The zero-order valence-corrected chi connectivity index (χ0v) is 17.0. The lowest BCUT2D eigenvalue weighted by molar-refractivity contribution is -0.154. The van der Waals surface area contributed by atoms with Crippen molar-refractivity contribution in [2.75, 3.05) is 6.54 Å². The average molecular weight is 446 g/mol. The number of aryl methyl sites for hydroxylation is 1. The number of hydroxylamine groups is 2. The lowest BCUT2D eigenvalue weighted by Crippen LogP contribution is -2.41. The van der Waals surface area contributed by atoms with Crippen LogP contribution in [0.3, 0.4) is 0 Å². The molecule has 1 aromatic heterocycles. The third-order valence-corrected chi connectivity index (χ3v) is 5.78. The first-order chi connectivity index (χ1) is 13.1. The van der Waals surface area contributed by atoms with Crippen LogP contribution in [0.2, 0.25) is 10.0 Å². The number of nitrogens with one attached hydrogen (secondary N) is 1. The molecule has 11 heteroatoms. The van der Waals surface area contributed by atoms with E-state index in [1.165, 1.54) is 18.3 Å². The summed E-state index contributed by atoms with van der Waals surface area (Å²) in [5, 5.41) is 9.94. The van der Waals surface area contributed by atoms with E-state index < -0.39 is 28.4 Å². The fourth-order valence-electron chi connectivity index (χ4n) is 2.36. The Kier molecular flexibility index (Phi) is 7.36. The van der Waals surface area contributed by atoms with Crippen LogP contribution in [-0.2, 0) is 26.0 Å². The van der Waals surface area contributed by atoms with Gasteiger partial charge in [-0.25, -0.2) is 14.8 Å². The highest BCUT2D eigenvalue weighted by Crippen LogP contribution is 2.27. The first kappa shape index (κ1) is 22.1. The molecule has 2 amide bonds. The largest absolute Gasteiger partial charge is 0.286 e. The van der Waals surface area contributed by atoms with E-state index in [0.29, 0.717) is 5.56 Å². The predicted octanol–water partition coefficient (Wildman–Crippen LogP) is 2.21. The molecule has 0 fully saturated rings. The summed E-state index contributed by atoms with van der Waals surface area (Å²) in [4.78, 5) is 27.2. The number of carbonyl (C=O) groups excluding carboxylic acids is 2. The molecule has 8 nitrogen and oxygen atoms in total. The normalized spacial score (nSPS) is 12.3. The van der Waals surface area contributed by atoms with Crippen molar-refractivity contribution < 1.29 is 23.2 Å². The van der Waals surface area contributed by atoms with Crippen molar-refractivity contribution in [1.29, 1.82) is 0 Å². The summed E-state index contributed by atoms with van der Waals surface area (Å²) in [7, 11) is -4.24. The Labute approximate surface area is 172 Å². The van der Waals surface area contributed by atoms with Gasteiger partial charge in [-0.3, -0.25) is 14.8 Å². The summed E-state index contributed by atoms with van der Waals surface area (Å²) >= 11 is 12.2. The summed E-state index contributed by atoms with van der Waals surface area (Å²) in [5.74, 6) is -2.09. The molecule has 1 atom stereocenters. The van der Waals surface area contributed by atoms with Gasteiger partial charge < -0.3 is 0 Å². The molecule has 0 aliphatic carbocycles. The third kappa shape index (κ3) is 5.65. The van der Waals surface area contributed by atoms with Crippen molar-refractivity contribution in [3.05, 3.63) is 57.7 Å². The Morgan fingerprint density at radius 1 is 1.29 bits per heavy atom. The highest BCUT2D eigenvalue weighted by Gasteiger charge is 2.28. The van der Waals surface area contributed by atoms with Crippen molar-refractivity contribution >= 4 is 45.5 Å². The summed E-state index contributed by atoms with van der Waals surface area (Å²) < 4.78 is 26.7. The Hall–Kier alpha value is -2.20. The van der Waals surface area contributed by atoms with Crippen molar-refractivity contribution in [3.8, 4) is 0 Å². The average Bonchev–Trinajstić information content (AvgIpc) is 2.63. The topological polar surface area (TPSA) is 117 Å². The number of hydrogen-bond donors (Lipinski definition) is 2. The lowest BCUT2D eigenvalue weighted by Gasteiger charge is -2.20. The van der Waals surface area contributed by atoms with E-state index >= 15 is 0 Å². The van der Waals surface area contributed by atoms with Crippen molar-refractivity contribution in [3.63, 3.8) is 0 Å². The molecule has 1 aromatic carbocycles. The second-order valence-corrected chi connectivity index (χ2v) is 8.42. The van der Waals surface area contributed by atoms with Crippen LogP contribution < -0.4 is 4.72 Å². The molecule has 1 heterocycles. The van der Waals surface area contributed by atoms with E-state index in [4.69, 9.17) is 23.2 Å². The van der Waals surface area contributed by atoms with Gasteiger partial charge in [0, 0.05) is 16.2 Å². The molecule has 150 valence electrons. The Balaban J connectivity index is 2.28. The first-order valence-electron chi connectivity index (χ1n) is 7.97. The van der Waals surface area contributed by atoms with Gasteiger partial charge in [-0.15, -0.1) is 0 Å². The number of rotatable bonds is 8. The number of nitrogens with zero attached hydrogens (tertiary/aromatic N) is 2. The van der Waals surface area contributed by atoms with Crippen LogP contribution in [0.1, 0.15) is 11.1 Å². The molecule has 2 N–H and O–H groups in total. The van der Waals surface area contributed by atoms with E-state index in [1.807, 2.05) is 4.72 Å². The maximum absolute atomic E-state index is 12.6. The number of amides is 2. The molecular weight excluding hydrogens is 429 g/mol. The van der Waals surface area contributed by atoms with Crippen LogP contribution in [0.5, 0.6) is 0 Å². The first-order valence-corrected chi connectivity index (χ1v) is 10.2. The molecule has 1 unspecified atom stereocenters. The minimum absolute atomic E-state index is 0.102. The number of hydrogen-bond acceptors (Lipinski definition) is 6. The van der Waals surface area contributed by atoms with Gasteiger partial charge in [0.2, 0.25) is 12.3 Å². The monoisotopic (exact) mass is 445 g/mol. The zero-order chi connectivity index (χ0) is 20.9. The smallest absolute Gasteiger partial charge is 0.281 e. The lowest BCUT2D eigenvalue weighted by atomic mass is 9.98. The summed E-state index contributed by atoms with van der Waals surface area (Å²) in [6.45, 7) is 1.27. The number of halogens is 2. The second kappa shape index (κ2) is 9.33. The van der Waals surface area contributed by atoms with Gasteiger partial charge in [-0.05, 0) is 42.7 Å². The van der Waals surface area contributed by atoms with Gasteiger partial charge >= 0.3 is 0 Å². The van der Waals surface area contributed by atoms with Gasteiger partial charge in [0.05, 0.1) is 12.5 Å². The molecule has 2 rings (SSSR count). The molecule has 0 saturated heterocycles. The van der Waals surface area contributed by atoms with Gasteiger partial charge in [-0.2, -0.15) is 8.42 Å². The maximum Gasteiger partial charge on any atom is 0.281 e. The highest BCUT2D eigenvalue weighted by molar-refractivity contribution is 7.90. The van der Waals surface area contributed by atoms with Crippen molar-refractivity contribution in [2.45, 2.75) is 18.4 Å². The molecule has 0 saturated carbocycles. The Bertz CT molecular complexity index is 947. The molecule has 0 aliphatic rings. The second-order valence-electron chi connectivity index (χ2n) is 5.97. The van der Waals surface area contributed by atoms with Gasteiger partial charge in [0.15, 0.2) is 5.03 Å². The fourth-order valence-corrected chi connectivity index (χ4v) is 3.89. The SMILES string of the molecule is Cc1ccc(S(=O)(=O)NC(=O)C(Cc2c(Cl)cccc2Cl)CN(O)C=O)nc1. The molecular formula is C17H17Cl2N3O5S. The zero-order valence-electron chi connectivity index (χ0n) is 14.7. The Morgan fingerprint density at radius 2 is 1.93 bits per heavy atom. The van der Waals surface area contributed by atoms with Crippen LogP contribution in [0.15, 0.2) is 41.6 Å². The molecule has 0 spiro atoms. The fraction of sp³-hybridized carbons (Fsp3) is 0.235. The van der Waals surface area contributed by atoms with Gasteiger partial charge in [-0.1, -0.05) is 35.3 Å². The van der Waals surface area contributed by atoms with Crippen LogP contribution in [-0.4, -0.2) is 42.5 Å². The third-order valence-electron chi connectivity index (χ3n) is 3.81. The van der Waals surface area contributed by atoms with Crippen molar-refractivity contribution in [1.82, 2.24) is 14.8 Å². The minimum Gasteiger partial charge on any atom is -0.286 e. The molecule has 0 radical (unpaired) electrons. The molecule has 2 aromatic rings. The quantitative estimate of drug-likeness (QED) is 0.365. The summed E-state index contributed by atoms with van der Waals surface area (Å²) in [5.41, 5.74) is 1.13. The maximum atomic E-state index is 12.6. The van der Waals surface area contributed by atoms with Gasteiger partial charge in [0.1, 0.15) is 0 Å². The van der Waals surface area contributed by atoms with E-state index in [1.54, 1.807) is 25.1 Å². The molecule has 0 aliphatic heterocycles. The minimum atomic E-state index is -4.24. The number of pyridine rings is 1. The number of aromatic nitrogens is 1. The Morgan fingerprint density at radius 3 is 2.46 bits per heavy atom. The van der Waals surface area contributed by atoms with Crippen LogP contribution in [0.25, 0.3) is 0 Å². The van der Waals surface area contributed by atoms with E-state index in [-0.39, 0.29) is 33.0 Å². The van der Waals surface area contributed by atoms with E-state index in [9.17, 15) is 23.2 Å². The standard InChI is InChI=1S/C17H17Cl2N3O5S/c1-11-5-6-16(20-8-11)28(26,27)21-17(24)12(9-22(25)10-23)7-13-14(18)3-2-4-15(13)19/h2-6,8,10,12,25H,7,9H2,1H3,(H,21,24). The molecule has 28 heavy (non-hydrogen) atoms. The number of benzene rings is 1. The van der Waals surface area contributed by atoms with Crippen molar-refractivity contribution in [2.24, 2.45) is 5.92 Å². The predicted molar refractivity (Wildman–Crippen MR) is 103 cm³/mol. The number of carbonyl (C=O) groups is 2. The van der Waals surface area contributed by atoms with Crippen LogP contribution >= 0.6 is 23.2 Å². The van der Waals surface area contributed by atoms with Crippen LogP contribution in [0, 0.1) is 12.8 Å². The van der Waals surface area contributed by atoms with Gasteiger partial charge in [0.25, 0.3) is 10.0 Å². The summed E-state index contributed by atoms with van der Waals surface area (Å²) in [6, 6.07) is 7.52. The number of sulfonamides is 1. The van der Waals surface area contributed by atoms with E-state index in [2.05, 4.69) is 4.98 Å². The summed E-state index contributed by atoms with van der Waals surface area (Å²) in [6.07, 6.45) is 1.35. The highest BCUT2D eigenvalue weighted by atomic mass is 35.5. The van der Waals surface area contributed by atoms with E-state index in [0.717, 1.165) is 5.56 Å².